The van der Waals surface area contributed by atoms with Gasteiger partial charge >= 0.3 is 0 Å². The average Bonchev–Trinajstić information content (AvgIpc) is 2.50. The molecule has 0 saturated carbocycles. The summed E-state index contributed by atoms with van der Waals surface area (Å²) in [4.78, 5) is 13.8. The van der Waals surface area contributed by atoms with Crippen molar-refractivity contribution in [3.63, 3.8) is 0 Å². The molecule has 3 heteroatoms. The lowest BCUT2D eigenvalue weighted by atomic mass is 10.1. The lowest BCUT2D eigenvalue weighted by molar-refractivity contribution is -0.119. The van der Waals surface area contributed by atoms with Gasteiger partial charge in [0.15, 0.2) is 0 Å². The monoisotopic (exact) mass is 218 g/mol. The third-order valence-electron chi connectivity index (χ3n) is 3.08. The minimum Gasteiger partial charge on any atom is -0.316 e. The minimum atomic E-state index is -0.466. The zero-order chi connectivity index (χ0) is 11.7. The third kappa shape index (κ3) is 1.71. The van der Waals surface area contributed by atoms with Gasteiger partial charge in [0.1, 0.15) is 6.04 Å². The molecule has 2 N–H and O–H groups in total. The van der Waals surface area contributed by atoms with Gasteiger partial charge in [-0.3, -0.25) is 4.79 Å². The fourth-order valence-electron chi connectivity index (χ4n) is 2.14. The number of amides is 1. The van der Waals surface area contributed by atoms with E-state index >= 15 is 0 Å². The molecular formula is C13H18N2O. The largest absolute Gasteiger partial charge is 0.316 e. The number of unbranched alkanes of at least 4 members (excludes halogenated alkanes) is 1. The molecule has 1 atom stereocenters. The number of fused-ring (bicyclic) bond motifs is 1. The zero-order valence-corrected chi connectivity index (χ0v) is 9.86. The van der Waals surface area contributed by atoms with Crippen molar-refractivity contribution in [1.29, 1.82) is 0 Å². The Bertz CT molecular complexity index is 414. The van der Waals surface area contributed by atoms with Crippen LogP contribution in [0.5, 0.6) is 0 Å². The van der Waals surface area contributed by atoms with E-state index in [2.05, 4.69) is 6.92 Å². The van der Waals surface area contributed by atoms with E-state index < -0.39 is 6.04 Å². The number of anilines is 1. The van der Waals surface area contributed by atoms with Gasteiger partial charge in [-0.05, 0) is 19.4 Å². The Morgan fingerprint density at radius 3 is 2.88 bits per heavy atom. The Morgan fingerprint density at radius 1 is 1.44 bits per heavy atom. The van der Waals surface area contributed by atoms with E-state index in [1.807, 2.05) is 30.0 Å². The maximum Gasteiger partial charge on any atom is 0.248 e. The van der Waals surface area contributed by atoms with E-state index in [1.165, 1.54) is 0 Å². The first-order chi connectivity index (χ1) is 7.65. The van der Waals surface area contributed by atoms with Crippen molar-refractivity contribution in [2.45, 2.75) is 32.7 Å². The first-order valence-corrected chi connectivity index (χ1v) is 5.82. The van der Waals surface area contributed by atoms with Gasteiger partial charge in [0.2, 0.25) is 5.91 Å². The van der Waals surface area contributed by atoms with Crippen LogP contribution in [0.1, 0.15) is 36.9 Å². The Morgan fingerprint density at radius 2 is 2.19 bits per heavy atom. The predicted octanol–water partition coefficient (Wildman–Crippen LogP) is 2.14. The number of hydrogen-bond acceptors (Lipinski definition) is 2. The van der Waals surface area contributed by atoms with Crippen LogP contribution in [-0.2, 0) is 4.79 Å². The Kier molecular flexibility index (Phi) is 2.97. The molecule has 0 aromatic heterocycles. The number of aryl methyl sites for hydroxylation is 1. The Hall–Kier alpha value is -1.35. The highest BCUT2D eigenvalue weighted by atomic mass is 16.2. The topological polar surface area (TPSA) is 46.3 Å². The summed E-state index contributed by atoms with van der Waals surface area (Å²) in [6, 6.07) is 5.59. The van der Waals surface area contributed by atoms with Gasteiger partial charge in [-0.15, -0.1) is 0 Å². The molecule has 3 nitrogen and oxygen atoms in total. The molecule has 2 rings (SSSR count). The van der Waals surface area contributed by atoms with E-state index in [0.717, 1.165) is 36.2 Å². The Balaban J connectivity index is 2.34. The van der Waals surface area contributed by atoms with E-state index in [4.69, 9.17) is 5.73 Å². The molecule has 1 aromatic rings. The summed E-state index contributed by atoms with van der Waals surface area (Å²) in [5, 5.41) is 0. The highest BCUT2D eigenvalue weighted by Gasteiger charge is 2.33. The molecule has 0 radical (unpaired) electrons. The van der Waals surface area contributed by atoms with Gasteiger partial charge in [-0.2, -0.15) is 0 Å². The Labute approximate surface area is 96.2 Å². The number of benzene rings is 1. The van der Waals surface area contributed by atoms with Crippen LogP contribution >= 0.6 is 0 Å². The van der Waals surface area contributed by atoms with E-state index in [9.17, 15) is 4.79 Å². The van der Waals surface area contributed by atoms with Crippen molar-refractivity contribution in [1.82, 2.24) is 0 Å². The van der Waals surface area contributed by atoms with Crippen LogP contribution in [0.25, 0.3) is 0 Å². The molecular weight excluding hydrogens is 200 g/mol. The van der Waals surface area contributed by atoms with Gasteiger partial charge < -0.3 is 10.6 Å². The third-order valence-corrected chi connectivity index (χ3v) is 3.08. The number of nitrogens with two attached hydrogens (primary N) is 1. The van der Waals surface area contributed by atoms with E-state index in [-0.39, 0.29) is 5.91 Å². The number of carbonyl (C=O) groups excluding carboxylic acids is 1. The second-order valence-corrected chi connectivity index (χ2v) is 4.38. The molecule has 1 aliphatic heterocycles. The quantitative estimate of drug-likeness (QED) is 0.845. The normalized spacial score (nSPS) is 19.1. The van der Waals surface area contributed by atoms with Crippen LogP contribution < -0.4 is 10.6 Å². The molecule has 16 heavy (non-hydrogen) atoms. The molecule has 1 amide bonds. The second-order valence-electron chi connectivity index (χ2n) is 4.38. The van der Waals surface area contributed by atoms with Crippen molar-refractivity contribution in [2.75, 3.05) is 11.4 Å². The van der Waals surface area contributed by atoms with Crippen LogP contribution in [0.3, 0.4) is 0 Å². The van der Waals surface area contributed by atoms with Crippen molar-refractivity contribution >= 4 is 11.6 Å². The molecule has 0 fully saturated rings. The fraction of sp³-hybridized carbons (Fsp3) is 0.462. The summed E-state index contributed by atoms with van der Waals surface area (Å²) in [5.74, 6) is 0.0362. The summed E-state index contributed by atoms with van der Waals surface area (Å²) < 4.78 is 0. The van der Waals surface area contributed by atoms with Crippen LogP contribution in [-0.4, -0.2) is 12.5 Å². The molecule has 0 saturated heterocycles. The summed E-state index contributed by atoms with van der Waals surface area (Å²) in [6.07, 6.45) is 2.10. The summed E-state index contributed by atoms with van der Waals surface area (Å²) in [6.45, 7) is 4.92. The number of hydrogen-bond donors (Lipinski definition) is 1. The van der Waals surface area contributed by atoms with Gasteiger partial charge in [0.25, 0.3) is 0 Å². The average molecular weight is 218 g/mol. The van der Waals surface area contributed by atoms with Gasteiger partial charge in [0.05, 0.1) is 0 Å². The molecule has 1 aromatic carbocycles. The van der Waals surface area contributed by atoms with E-state index in [1.54, 1.807) is 0 Å². The highest BCUT2D eigenvalue weighted by molar-refractivity contribution is 6.04. The number of nitrogens with zero attached hydrogens (tertiary/aromatic N) is 1. The summed E-state index contributed by atoms with van der Waals surface area (Å²) in [7, 11) is 0. The van der Waals surface area contributed by atoms with Crippen LogP contribution in [0.2, 0.25) is 0 Å². The summed E-state index contributed by atoms with van der Waals surface area (Å²) in [5.41, 5.74) is 9.05. The van der Waals surface area contributed by atoms with Crippen LogP contribution in [0, 0.1) is 6.92 Å². The minimum absolute atomic E-state index is 0.0362. The van der Waals surface area contributed by atoms with Crippen molar-refractivity contribution in [3.05, 3.63) is 29.3 Å². The highest BCUT2D eigenvalue weighted by Crippen LogP contribution is 2.35. The summed E-state index contributed by atoms with van der Waals surface area (Å²) >= 11 is 0. The van der Waals surface area contributed by atoms with Crippen molar-refractivity contribution in [2.24, 2.45) is 5.73 Å². The van der Waals surface area contributed by atoms with Crippen LogP contribution in [0.15, 0.2) is 18.2 Å². The zero-order valence-electron chi connectivity index (χ0n) is 9.86. The number of rotatable bonds is 3. The molecule has 1 aliphatic rings. The first-order valence-electron chi connectivity index (χ1n) is 5.82. The molecule has 0 spiro atoms. The molecule has 1 unspecified atom stereocenters. The lowest BCUT2D eigenvalue weighted by Crippen LogP contribution is -2.32. The standard InChI is InChI=1S/C13H18N2O/c1-3-4-7-15-11-6-5-9(2)8-10(11)12(14)13(15)16/h5-6,8,12H,3-4,7,14H2,1-2H3. The van der Waals surface area contributed by atoms with Gasteiger partial charge in [-0.25, -0.2) is 0 Å². The van der Waals surface area contributed by atoms with E-state index in [0.29, 0.717) is 0 Å². The lowest BCUT2D eigenvalue weighted by Gasteiger charge is -2.16. The SMILES string of the molecule is CCCCN1C(=O)C(N)c2cc(C)ccc21. The van der Waals surface area contributed by atoms with Gasteiger partial charge in [-0.1, -0.05) is 31.0 Å². The number of carbonyl (C=O) groups is 1. The van der Waals surface area contributed by atoms with Crippen molar-refractivity contribution in [3.8, 4) is 0 Å². The molecule has 0 bridgehead atoms. The van der Waals surface area contributed by atoms with Crippen molar-refractivity contribution < 1.29 is 4.79 Å². The second kappa shape index (κ2) is 4.26. The maximum absolute atomic E-state index is 12.0. The smallest absolute Gasteiger partial charge is 0.248 e. The first kappa shape index (κ1) is 11.1. The predicted molar refractivity (Wildman–Crippen MR) is 65.4 cm³/mol. The van der Waals surface area contributed by atoms with Gasteiger partial charge in [0, 0.05) is 17.8 Å². The van der Waals surface area contributed by atoms with Crippen LogP contribution in [0.4, 0.5) is 5.69 Å². The molecule has 86 valence electrons. The fourth-order valence-corrected chi connectivity index (χ4v) is 2.14. The molecule has 1 heterocycles. The molecule has 0 aliphatic carbocycles. The maximum atomic E-state index is 12.0.